The first-order valence-electron chi connectivity index (χ1n) is 6.98. The van der Waals surface area contributed by atoms with Gasteiger partial charge < -0.3 is 5.73 Å². The third-order valence-electron chi connectivity index (χ3n) is 3.69. The van der Waals surface area contributed by atoms with Crippen molar-refractivity contribution in [2.45, 2.75) is 45.6 Å². The van der Waals surface area contributed by atoms with Crippen molar-refractivity contribution in [2.24, 2.45) is 5.73 Å². The van der Waals surface area contributed by atoms with E-state index in [4.69, 9.17) is 5.73 Å². The van der Waals surface area contributed by atoms with Gasteiger partial charge in [0.25, 0.3) is 0 Å². The van der Waals surface area contributed by atoms with Crippen molar-refractivity contribution in [1.82, 2.24) is 0 Å². The van der Waals surface area contributed by atoms with E-state index in [0.717, 1.165) is 6.42 Å². The number of hydrogen-bond acceptors (Lipinski definition) is 1. The van der Waals surface area contributed by atoms with Crippen LogP contribution < -0.4 is 5.73 Å². The van der Waals surface area contributed by atoms with E-state index >= 15 is 0 Å². The molecule has 1 atom stereocenters. The number of unbranched alkanes of at least 4 members (excludes halogenated alkanes) is 2. The highest BCUT2D eigenvalue weighted by Crippen LogP contribution is 2.28. The average Bonchev–Trinajstić information content (AvgIpc) is 2.39. The van der Waals surface area contributed by atoms with Crippen molar-refractivity contribution >= 4 is 23.2 Å². The van der Waals surface area contributed by atoms with E-state index in [1.807, 2.05) is 0 Å². The molecule has 19 heavy (non-hydrogen) atoms. The van der Waals surface area contributed by atoms with Crippen LogP contribution in [0.1, 0.15) is 49.8 Å². The summed E-state index contributed by atoms with van der Waals surface area (Å²) in [5, 5.41) is 2.66. The molecule has 0 saturated heterocycles. The lowest BCUT2D eigenvalue weighted by atomic mass is 9.93. The lowest BCUT2D eigenvalue weighted by Crippen LogP contribution is -2.10. The number of nitrogens with two attached hydrogens (primary N) is 1. The zero-order valence-corrected chi connectivity index (χ0v) is 12.7. The van der Waals surface area contributed by atoms with Crippen molar-refractivity contribution < 1.29 is 0 Å². The summed E-state index contributed by atoms with van der Waals surface area (Å²) in [7, 11) is 0. The third kappa shape index (κ3) is 3.71. The topological polar surface area (TPSA) is 26.0 Å². The predicted octanol–water partition coefficient (Wildman–Crippen LogP) is 5.15. The molecule has 0 amide bonds. The minimum absolute atomic E-state index is 0. The van der Waals surface area contributed by atoms with Gasteiger partial charge in [0, 0.05) is 6.04 Å². The molecule has 0 unspecified atom stereocenters. The molecule has 1 nitrogen and oxygen atoms in total. The fourth-order valence-electron chi connectivity index (χ4n) is 2.57. The summed E-state index contributed by atoms with van der Waals surface area (Å²) >= 11 is 0. The van der Waals surface area contributed by atoms with Gasteiger partial charge in [0.05, 0.1) is 0 Å². The molecule has 0 aliphatic carbocycles. The van der Waals surface area contributed by atoms with Crippen LogP contribution in [0.2, 0.25) is 0 Å². The number of benzene rings is 2. The molecule has 0 fully saturated rings. The molecule has 0 radical (unpaired) electrons. The van der Waals surface area contributed by atoms with Crippen molar-refractivity contribution in [3.8, 4) is 0 Å². The molecule has 0 saturated carbocycles. The monoisotopic (exact) mass is 277 g/mol. The fourth-order valence-corrected chi connectivity index (χ4v) is 2.57. The molecule has 0 bridgehead atoms. The van der Waals surface area contributed by atoms with Crippen molar-refractivity contribution in [3.63, 3.8) is 0 Å². The Bertz CT molecular complexity index is 522. The summed E-state index contributed by atoms with van der Waals surface area (Å²) in [5.41, 5.74) is 8.98. The van der Waals surface area contributed by atoms with Gasteiger partial charge in [0.15, 0.2) is 0 Å². The normalized spacial score (nSPS) is 12.2. The van der Waals surface area contributed by atoms with Gasteiger partial charge in [0.2, 0.25) is 0 Å². The van der Waals surface area contributed by atoms with Crippen LogP contribution in [0.25, 0.3) is 10.8 Å². The second-order valence-electron chi connectivity index (χ2n) is 5.12. The average molecular weight is 278 g/mol. The number of halogens is 1. The summed E-state index contributed by atoms with van der Waals surface area (Å²) in [4.78, 5) is 0. The molecule has 0 aliphatic rings. The van der Waals surface area contributed by atoms with E-state index in [1.165, 1.54) is 41.2 Å². The van der Waals surface area contributed by atoms with Gasteiger partial charge in [-0.05, 0) is 35.2 Å². The molecular weight excluding hydrogens is 254 g/mol. The zero-order valence-electron chi connectivity index (χ0n) is 11.9. The first-order valence-corrected chi connectivity index (χ1v) is 6.98. The van der Waals surface area contributed by atoms with Crippen molar-refractivity contribution in [2.75, 3.05) is 0 Å². The number of hydrogen-bond donors (Lipinski definition) is 1. The van der Waals surface area contributed by atoms with E-state index in [-0.39, 0.29) is 18.4 Å². The van der Waals surface area contributed by atoms with Crippen molar-refractivity contribution in [1.29, 1.82) is 0 Å². The van der Waals surface area contributed by atoms with Crippen LogP contribution in [-0.4, -0.2) is 0 Å². The van der Waals surface area contributed by atoms with E-state index in [0.29, 0.717) is 0 Å². The van der Waals surface area contributed by atoms with Crippen LogP contribution in [0.4, 0.5) is 0 Å². The van der Waals surface area contributed by atoms with Gasteiger partial charge in [-0.2, -0.15) is 0 Å². The van der Waals surface area contributed by atoms with Crippen LogP contribution in [0, 0.1) is 6.92 Å². The van der Waals surface area contributed by atoms with Crippen molar-refractivity contribution in [3.05, 3.63) is 47.5 Å². The van der Waals surface area contributed by atoms with Crippen LogP contribution in [0.15, 0.2) is 36.4 Å². The Morgan fingerprint density at radius 1 is 1.00 bits per heavy atom. The molecule has 2 aromatic carbocycles. The van der Waals surface area contributed by atoms with E-state index in [9.17, 15) is 0 Å². The molecule has 0 spiro atoms. The molecule has 2 rings (SSSR count). The van der Waals surface area contributed by atoms with Gasteiger partial charge in [-0.25, -0.2) is 0 Å². The largest absolute Gasteiger partial charge is 0.324 e. The Hall–Kier alpha value is -1.05. The predicted molar refractivity (Wildman–Crippen MR) is 87.0 cm³/mol. The standard InChI is InChI=1S/C17H23N.ClH/c1-3-4-5-10-17(18)16-12-11-13(2)14-8-6-7-9-15(14)16;/h6-9,11-12,17H,3-5,10,18H2,1-2H3;1H/t17-;/m1./s1. The minimum Gasteiger partial charge on any atom is -0.324 e. The van der Waals surface area contributed by atoms with E-state index in [1.54, 1.807) is 0 Å². The molecule has 2 N–H and O–H groups in total. The summed E-state index contributed by atoms with van der Waals surface area (Å²) < 4.78 is 0. The van der Waals surface area contributed by atoms with Gasteiger partial charge in [0.1, 0.15) is 0 Å². The first-order chi connectivity index (χ1) is 8.74. The fraction of sp³-hybridized carbons (Fsp3) is 0.412. The Labute approximate surface area is 122 Å². The molecule has 0 aliphatic heterocycles. The molecule has 2 heteroatoms. The number of fused-ring (bicyclic) bond motifs is 1. The third-order valence-corrected chi connectivity index (χ3v) is 3.69. The number of rotatable bonds is 5. The molecular formula is C17H24ClN. The quantitative estimate of drug-likeness (QED) is 0.752. The van der Waals surface area contributed by atoms with Gasteiger partial charge in [-0.1, -0.05) is 62.6 Å². The lowest BCUT2D eigenvalue weighted by Gasteiger charge is -2.15. The maximum atomic E-state index is 6.35. The minimum atomic E-state index is 0. The maximum Gasteiger partial charge on any atom is 0.0301 e. The summed E-state index contributed by atoms with van der Waals surface area (Å²) in [6, 6.07) is 13.1. The number of aryl methyl sites for hydroxylation is 1. The Morgan fingerprint density at radius 2 is 1.68 bits per heavy atom. The molecule has 104 valence electrons. The zero-order chi connectivity index (χ0) is 13.0. The van der Waals surface area contributed by atoms with Gasteiger partial charge in [-0.15, -0.1) is 12.4 Å². The highest BCUT2D eigenvalue weighted by Gasteiger charge is 2.10. The van der Waals surface area contributed by atoms with Gasteiger partial charge >= 0.3 is 0 Å². The SMILES string of the molecule is CCCCC[C@@H](N)c1ccc(C)c2ccccc12.Cl. The summed E-state index contributed by atoms with van der Waals surface area (Å²) in [6.45, 7) is 4.39. The van der Waals surface area contributed by atoms with E-state index in [2.05, 4.69) is 50.2 Å². The first kappa shape index (κ1) is 16.0. The molecule has 0 aromatic heterocycles. The molecule has 2 aromatic rings. The Kier molecular flexibility index (Phi) is 6.33. The second kappa shape index (κ2) is 7.52. The van der Waals surface area contributed by atoms with Crippen LogP contribution in [-0.2, 0) is 0 Å². The highest BCUT2D eigenvalue weighted by molar-refractivity contribution is 5.88. The Morgan fingerprint density at radius 3 is 2.37 bits per heavy atom. The smallest absolute Gasteiger partial charge is 0.0301 e. The van der Waals surface area contributed by atoms with Crippen LogP contribution in [0.5, 0.6) is 0 Å². The maximum absolute atomic E-state index is 6.35. The molecule has 0 heterocycles. The highest BCUT2D eigenvalue weighted by atomic mass is 35.5. The lowest BCUT2D eigenvalue weighted by molar-refractivity contribution is 0.584. The summed E-state index contributed by atoms with van der Waals surface area (Å²) in [6.07, 6.45) is 4.83. The summed E-state index contributed by atoms with van der Waals surface area (Å²) in [5.74, 6) is 0. The van der Waals surface area contributed by atoms with E-state index < -0.39 is 0 Å². The van der Waals surface area contributed by atoms with Crippen LogP contribution in [0.3, 0.4) is 0 Å². The van der Waals surface area contributed by atoms with Gasteiger partial charge in [-0.3, -0.25) is 0 Å². The van der Waals surface area contributed by atoms with Crippen LogP contribution >= 0.6 is 12.4 Å². The second-order valence-corrected chi connectivity index (χ2v) is 5.12. The Balaban J connectivity index is 0.00000180.